The fourth-order valence-electron chi connectivity index (χ4n) is 4.25. The molecule has 2 aliphatic heterocycles. The molecule has 1 aliphatic carbocycles. The molecule has 9 heteroatoms. The van der Waals surface area contributed by atoms with Crippen LogP contribution in [0.25, 0.3) is 11.4 Å². The maximum absolute atomic E-state index is 13.1. The zero-order valence-electron chi connectivity index (χ0n) is 15.2. The zero-order chi connectivity index (χ0) is 19.3. The highest BCUT2D eigenvalue weighted by Gasteiger charge is 2.51. The van der Waals surface area contributed by atoms with Gasteiger partial charge in [0.15, 0.2) is 0 Å². The molecule has 2 bridgehead atoms. The Morgan fingerprint density at radius 3 is 2.61 bits per heavy atom. The van der Waals surface area contributed by atoms with Crippen LogP contribution < -0.4 is 0 Å². The van der Waals surface area contributed by atoms with E-state index in [4.69, 9.17) is 4.52 Å². The number of amides is 1. The Hall–Kier alpha value is -3.10. The highest BCUT2D eigenvalue weighted by atomic mass is 19.1. The molecule has 6 rings (SSSR count). The molecule has 2 aromatic heterocycles. The Balaban J connectivity index is 1.26. The second-order valence-electron chi connectivity index (χ2n) is 7.52. The number of rotatable bonds is 4. The number of benzene rings is 1. The second kappa shape index (κ2) is 6.50. The van der Waals surface area contributed by atoms with E-state index in [1.807, 2.05) is 4.90 Å². The van der Waals surface area contributed by atoms with E-state index in [-0.39, 0.29) is 24.1 Å². The minimum absolute atomic E-state index is 0.0319. The van der Waals surface area contributed by atoms with E-state index in [0.717, 1.165) is 6.42 Å². The highest BCUT2D eigenvalue weighted by molar-refractivity contribution is 5.78. The number of aromatic nitrogens is 4. The monoisotopic (exact) mass is 383 g/mol. The van der Waals surface area contributed by atoms with Gasteiger partial charge in [0.25, 0.3) is 0 Å². The third-order valence-corrected chi connectivity index (χ3v) is 5.78. The van der Waals surface area contributed by atoms with E-state index >= 15 is 0 Å². The lowest BCUT2D eigenvalue weighted by Crippen LogP contribution is -2.55. The first-order valence-electron chi connectivity index (χ1n) is 9.24. The van der Waals surface area contributed by atoms with Gasteiger partial charge in [-0.1, -0.05) is 15.5 Å². The summed E-state index contributed by atoms with van der Waals surface area (Å²) in [6, 6.07) is 6.01. The molecule has 1 amide bonds. The summed E-state index contributed by atoms with van der Waals surface area (Å²) in [5.74, 6) is 1.57. The minimum Gasteiger partial charge on any atom is -0.342 e. The lowest BCUT2D eigenvalue weighted by Gasteiger charge is -2.52. The van der Waals surface area contributed by atoms with Crippen LogP contribution in [0.2, 0.25) is 0 Å². The molecule has 1 saturated carbocycles. The molecule has 3 fully saturated rings. The first-order valence-corrected chi connectivity index (χ1v) is 9.24. The molecule has 8 nitrogen and oxygen atoms in total. The first kappa shape index (κ1) is 17.0. The summed E-state index contributed by atoms with van der Waals surface area (Å²) in [6.45, 7) is 3.11. The van der Waals surface area contributed by atoms with Crippen molar-refractivity contribution in [2.75, 3.05) is 13.1 Å². The maximum atomic E-state index is 13.1. The fourth-order valence-corrected chi connectivity index (χ4v) is 4.25. The molecular weight excluding hydrogens is 365 g/mol. The lowest BCUT2D eigenvalue weighted by molar-refractivity contribution is -0.139. The van der Waals surface area contributed by atoms with Crippen LogP contribution in [0.15, 0.2) is 33.4 Å². The Kier molecular flexibility index (Phi) is 3.96. The lowest BCUT2D eigenvalue weighted by atomic mass is 9.61. The SMILES string of the molecule is Cc1nonc1CC(=O)N1CC2CC(C1)C2c1nc(-c2ccc(F)cc2)no1. The third-order valence-electron chi connectivity index (χ3n) is 5.78. The van der Waals surface area contributed by atoms with Crippen molar-refractivity contribution in [3.63, 3.8) is 0 Å². The van der Waals surface area contributed by atoms with Gasteiger partial charge in [-0.15, -0.1) is 0 Å². The molecule has 2 saturated heterocycles. The van der Waals surface area contributed by atoms with Crippen molar-refractivity contribution in [1.82, 2.24) is 25.4 Å². The third kappa shape index (κ3) is 2.87. The van der Waals surface area contributed by atoms with E-state index in [0.29, 0.717) is 53.6 Å². The summed E-state index contributed by atoms with van der Waals surface area (Å²) in [5, 5.41) is 11.6. The van der Waals surface area contributed by atoms with Crippen LogP contribution >= 0.6 is 0 Å². The number of carbonyl (C=O) groups is 1. The van der Waals surface area contributed by atoms with Crippen LogP contribution in [0, 0.1) is 24.6 Å². The highest BCUT2D eigenvalue weighted by Crippen LogP contribution is 2.51. The number of hydrogen-bond donors (Lipinski definition) is 0. The van der Waals surface area contributed by atoms with Crippen LogP contribution in [0.5, 0.6) is 0 Å². The molecule has 28 heavy (non-hydrogen) atoms. The summed E-state index contributed by atoms with van der Waals surface area (Å²) < 4.78 is 23.3. The minimum atomic E-state index is -0.303. The molecule has 3 aliphatic rings. The summed E-state index contributed by atoms with van der Waals surface area (Å²) >= 11 is 0. The van der Waals surface area contributed by atoms with Gasteiger partial charge in [-0.3, -0.25) is 4.79 Å². The van der Waals surface area contributed by atoms with Gasteiger partial charge < -0.3 is 9.42 Å². The van der Waals surface area contributed by atoms with Crippen LogP contribution in [-0.4, -0.2) is 44.4 Å². The Morgan fingerprint density at radius 1 is 1.18 bits per heavy atom. The molecule has 144 valence electrons. The van der Waals surface area contributed by atoms with Gasteiger partial charge in [0.2, 0.25) is 17.6 Å². The molecule has 2 unspecified atom stereocenters. The number of aryl methyl sites for hydroxylation is 1. The average Bonchev–Trinajstić information content (AvgIpc) is 3.32. The van der Waals surface area contributed by atoms with Crippen LogP contribution in [0.3, 0.4) is 0 Å². The summed E-state index contributed by atoms with van der Waals surface area (Å²) in [6.07, 6.45) is 1.25. The van der Waals surface area contributed by atoms with E-state index in [9.17, 15) is 9.18 Å². The van der Waals surface area contributed by atoms with Crippen molar-refractivity contribution in [2.24, 2.45) is 11.8 Å². The Bertz CT molecular complexity index is 1000. The zero-order valence-corrected chi connectivity index (χ0v) is 15.2. The fraction of sp³-hybridized carbons (Fsp3) is 0.421. The summed E-state index contributed by atoms with van der Waals surface area (Å²) in [4.78, 5) is 19.0. The number of hydrogen-bond acceptors (Lipinski definition) is 7. The van der Waals surface area contributed by atoms with E-state index in [1.54, 1.807) is 19.1 Å². The van der Waals surface area contributed by atoms with E-state index in [1.165, 1.54) is 12.1 Å². The van der Waals surface area contributed by atoms with Crippen molar-refractivity contribution < 1.29 is 18.3 Å². The number of nitrogens with zero attached hydrogens (tertiary/aromatic N) is 5. The van der Waals surface area contributed by atoms with Crippen molar-refractivity contribution >= 4 is 5.91 Å². The number of piperidine rings is 2. The molecule has 3 aromatic rings. The second-order valence-corrected chi connectivity index (χ2v) is 7.52. The topological polar surface area (TPSA) is 98.2 Å². The number of halogens is 1. The normalized spacial score (nSPS) is 23.5. The Labute approximate surface area is 159 Å². The predicted molar refractivity (Wildman–Crippen MR) is 93.3 cm³/mol. The van der Waals surface area contributed by atoms with Crippen molar-refractivity contribution in [3.05, 3.63) is 47.4 Å². The summed E-state index contributed by atoms with van der Waals surface area (Å²) in [5.41, 5.74) is 1.95. The molecule has 2 atom stereocenters. The molecule has 0 N–H and O–H groups in total. The average molecular weight is 383 g/mol. The smallest absolute Gasteiger partial charge is 0.230 e. The standard InChI is InChI=1S/C19H18FN5O3/c1-10-15(23-28-22-10)7-16(26)25-8-12-6-13(9-25)17(12)19-21-18(24-27-19)11-2-4-14(20)5-3-11/h2-5,12-13,17H,6-9H2,1H3. The van der Waals surface area contributed by atoms with Crippen LogP contribution in [0.4, 0.5) is 4.39 Å². The van der Waals surface area contributed by atoms with Gasteiger partial charge in [-0.05, 0) is 49.4 Å². The number of fused-ring (bicyclic) bond motifs is 2. The van der Waals surface area contributed by atoms with Gasteiger partial charge in [0, 0.05) is 24.6 Å². The molecule has 0 radical (unpaired) electrons. The Morgan fingerprint density at radius 2 is 1.93 bits per heavy atom. The van der Waals surface area contributed by atoms with Gasteiger partial charge in [0.1, 0.15) is 17.2 Å². The predicted octanol–water partition coefficient (Wildman–Crippen LogP) is 2.37. The largest absolute Gasteiger partial charge is 0.342 e. The van der Waals surface area contributed by atoms with Gasteiger partial charge in [-0.2, -0.15) is 4.98 Å². The van der Waals surface area contributed by atoms with Gasteiger partial charge >= 0.3 is 0 Å². The van der Waals surface area contributed by atoms with Crippen molar-refractivity contribution in [2.45, 2.75) is 25.7 Å². The summed E-state index contributed by atoms with van der Waals surface area (Å²) in [7, 11) is 0. The van der Waals surface area contributed by atoms with Crippen LogP contribution in [0.1, 0.15) is 29.6 Å². The van der Waals surface area contributed by atoms with Gasteiger partial charge in [0.05, 0.1) is 6.42 Å². The van der Waals surface area contributed by atoms with Crippen LogP contribution in [-0.2, 0) is 11.2 Å². The van der Waals surface area contributed by atoms with Crippen molar-refractivity contribution in [3.8, 4) is 11.4 Å². The molecule has 4 heterocycles. The van der Waals surface area contributed by atoms with E-state index < -0.39 is 0 Å². The maximum Gasteiger partial charge on any atom is 0.230 e. The van der Waals surface area contributed by atoms with Gasteiger partial charge in [-0.25, -0.2) is 9.02 Å². The van der Waals surface area contributed by atoms with Crippen molar-refractivity contribution in [1.29, 1.82) is 0 Å². The molecular formula is C19H18FN5O3. The molecule has 0 spiro atoms. The quantitative estimate of drug-likeness (QED) is 0.682. The van der Waals surface area contributed by atoms with E-state index in [2.05, 4.69) is 25.1 Å². The molecule has 1 aromatic carbocycles. The number of carbonyl (C=O) groups excluding carboxylic acids is 1. The first-order chi connectivity index (χ1) is 13.6.